The first-order valence-electron chi connectivity index (χ1n) is 12.4. The number of hydrogen-bond acceptors (Lipinski definition) is 10. The normalized spacial score (nSPS) is 15.1. The number of fused-ring (bicyclic) bond motifs is 1. The molecule has 208 valence electrons. The molecule has 0 spiro atoms. The van der Waals surface area contributed by atoms with Gasteiger partial charge in [0.15, 0.2) is 11.5 Å². The van der Waals surface area contributed by atoms with Gasteiger partial charge in [0, 0.05) is 35.9 Å². The Kier molecular flexibility index (Phi) is 6.63. The Balaban J connectivity index is 1.53. The molecule has 2 aliphatic rings. The van der Waals surface area contributed by atoms with Crippen LogP contribution >= 0.6 is 0 Å². The molecule has 0 aliphatic carbocycles. The van der Waals surface area contributed by atoms with Crippen molar-refractivity contribution in [2.45, 2.75) is 13.8 Å². The van der Waals surface area contributed by atoms with Gasteiger partial charge >= 0.3 is 5.63 Å². The number of rotatable bonds is 7. The number of aliphatic hydroxyl groups excluding tert-OH is 2. The summed E-state index contributed by atoms with van der Waals surface area (Å²) in [5.41, 5.74) is -0.731. The Labute approximate surface area is 231 Å². The van der Waals surface area contributed by atoms with E-state index in [0.29, 0.717) is 27.3 Å². The summed E-state index contributed by atoms with van der Waals surface area (Å²) in [5.74, 6) is -6.58. The molecule has 0 atom stereocenters. The zero-order valence-electron chi connectivity index (χ0n) is 21.7. The first-order chi connectivity index (χ1) is 19.5. The molecule has 3 N–H and O–H groups in total. The van der Waals surface area contributed by atoms with E-state index in [-0.39, 0.29) is 28.2 Å². The van der Waals surface area contributed by atoms with Crippen LogP contribution in [-0.2, 0) is 19.2 Å². The van der Waals surface area contributed by atoms with E-state index in [2.05, 4.69) is 10.2 Å². The van der Waals surface area contributed by atoms with Crippen LogP contribution in [-0.4, -0.2) is 52.8 Å². The third-order valence-corrected chi connectivity index (χ3v) is 6.58. The minimum Gasteiger partial charge on any atom is -0.503 e. The molecule has 13 nitrogen and oxygen atoms in total. The van der Waals surface area contributed by atoms with Crippen molar-refractivity contribution in [3.05, 3.63) is 82.1 Å². The average molecular weight is 559 g/mol. The topological polar surface area (TPSA) is 178 Å². The highest BCUT2D eigenvalue weighted by atomic mass is 16.4. The Morgan fingerprint density at radius 2 is 1.39 bits per heavy atom. The molecule has 0 saturated heterocycles. The number of nitrogens with zero attached hydrogens (tertiary/aromatic N) is 3. The van der Waals surface area contributed by atoms with Crippen molar-refractivity contribution in [1.82, 2.24) is 0 Å². The number of imide groups is 2. The SMILES string of the molecule is CCN(CC)c1ccc2cc(C(=O)Nc3cc(N4C(=O)C=C(O)C4=O)cc(N4C(=O)C=C(O)C4=O)c3)c(=O)oc2c1. The third kappa shape index (κ3) is 4.69. The monoisotopic (exact) mass is 558 g/mol. The molecule has 1 aromatic heterocycles. The maximum absolute atomic E-state index is 13.2. The molecule has 0 unspecified atom stereocenters. The number of benzene rings is 2. The van der Waals surface area contributed by atoms with E-state index in [1.54, 1.807) is 12.1 Å². The smallest absolute Gasteiger partial charge is 0.349 e. The van der Waals surface area contributed by atoms with Gasteiger partial charge in [0.2, 0.25) is 0 Å². The molecule has 3 heterocycles. The molecule has 5 amide bonds. The second-order valence-electron chi connectivity index (χ2n) is 9.05. The van der Waals surface area contributed by atoms with Gasteiger partial charge in [0.25, 0.3) is 29.5 Å². The van der Waals surface area contributed by atoms with Crippen LogP contribution in [0.25, 0.3) is 11.0 Å². The van der Waals surface area contributed by atoms with Gasteiger partial charge in [-0.3, -0.25) is 24.0 Å². The molecule has 0 fully saturated rings. The highest BCUT2D eigenvalue weighted by Crippen LogP contribution is 2.33. The first kappa shape index (κ1) is 26.9. The van der Waals surface area contributed by atoms with Crippen molar-refractivity contribution in [2.75, 3.05) is 33.1 Å². The Hall–Kier alpha value is -5.72. The summed E-state index contributed by atoms with van der Waals surface area (Å²) in [6.07, 6.45) is 1.36. The molecule has 0 radical (unpaired) electrons. The number of carbonyl (C=O) groups excluding carboxylic acids is 5. The van der Waals surface area contributed by atoms with Gasteiger partial charge in [-0.2, -0.15) is 0 Å². The molecule has 2 aliphatic heterocycles. The quantitative estimate of drug-likeness (QED) is 0.288. The van der Waals surface area contributed by atoms with Crippen molar-refractivity contribution >= 4 is 63.3 Å². The van der Waals surface area contributed by atoms with Gasteiger partial charge in [0.05, 0.1) is 23.5 Å². The van der Waals surface area contributed by atoms with E-state index >= 15 is 0 Å². The van der Waals surface area contributed by atoms with Crippen molar-refractivity contribution in [1.29, 1.82) is 0 Å². The average Bonchev–Trinajstić information content (AvgIpc) is 3.34. The van der Waals surface area contributed by atoms with Crippen LogP contribution in [0.1, 0.15) is 24.2 Å². The van der Waals surface area contributed by atoms with Crippen molar-refractivity contribution in [2.24, 2.45) is 0 Å². The van der Waals surface area contributed by atoms with Crippen LogP contribution in [0.3, 0.4) is 0 Å². The Morgan fingerprint density at radius 1 is 0.829 bits per heavy atom. The van der Waals surface area contributed by atoms with Crippen LogP contribution in [0, 0.1) is 0 Å². The second-order valence-corrected chi connectivity index (χ2v) is 9.05. The van der Waals surface area contributed by atoms with E-state index in [1.165, 1.54) is 18.2 Å². The van der Waals surface area contributed by atoms with Crippen LogP contribution < -0.4 is 25.6 Å². The lowest BCUT2D eigenvalue weighted by Crippen LogP contribution is -2.33. The van der Waals surface area contributed by atoms with Crippen LogP contribution in [0.5, 0.6) is 0 Å². The lowest BCUT2D eigenvalue weighted by Gasteiger charge is -2.21. The number of anilines is 4. The number of aliphatic hydroxyl groups is 2. The predicted molar refractivity (Wildman–Crippen MR) is 147 cm³/mol. The molecule has 2 aromatic carbocycles. The van der Waals surface area contributed by atoms with Gasteiger partial charge in [-0.15, -0.1) is 0 Å². The van der Waals surface area contributed by atoms with Gasteiger partial charge in [-0.05, 0) is 50.2 Å². The van der Waals surface area contributed by atoms with Crippen molar-refractivity contribution in [3.63, 3.8) is 0 Å². The maximum atomic E-state index is 13.2. The molecule has 13 heteroatoms. The summed E-state index contributed by atoms with van der Waals surface area (Å²) in [6, 6.07) is 10.0. The minimum atomic E-state index is -1.08. The lowest BCUT2D eigenvalue weighted by atomic mass is 10.1. The van der Waals surface area contributed by atoms with E-state index in [4.69, 9.17) is 4.42 Å². The fourth-order valence-corrected chi connectivity index (χ4v) is 4.57. The highest BCUT2D eigenvalue weighted by Gasteiger charge is 2.36. The lowest BCUT2D eigenvalue weighted by molar-refractivity contribution is -0.122. The van der Waals surface area contributed by atoms with E-state index in [1.807, 2.05) is 19.9 Å². The fourth-order valence-electron chi connectivity index (χ4n) is 4.57. The van der Waals surface area contributed by atoms with Crippen LogP contribution in [0.4, 0.5) is 22.7 Å². The summed E-state index contributed by atoms with van der Waals surface area (Å²) in [7, 11) is 0. The summed E-state index contributed by atoms with van der Waals surface area (Å²) < 4.78 is 5.41. The molecule has 3 aromatic rings. The molecule has 0 saturated carbocycles. The van der Waals surface area contributed by atoms with Crippen LogP contribution in [0.15, 0.2) is 75.3 Å². The number of amides is 5. The number of hydrogen-bond donors (Lipinski definition) is 3. The van der Waals surface area contributed by atoms with E-state index in [0.717, 1.165) is 24.8 Å². The number of nitrogens with one attached hydrogen (secondary N) is 1. The zero-order chi connectivity index (χ0) is 29.6. The molecule has 0 bridgehead atoms. The zero-order valence-corrected chi connectivity index (χ0v) is 21.7. The molecular formula is C28H22N4O9. The molecule has 41 heavy (non-hydrogen) atoms. The van der Waals surface area contributed by atoms with E-state index < -0.39 is 46.7 Å². The molecule has 5 rings (SSSR count). The Morgan fingerprint density at radius 3 is 1.88 bits per heavy atom. The van der Waals surface area contributed by atoms with Gasteiger partial charge in [-0.25, -0.2) is 14.6 Å². The van der Waals surface area contributed by atoms with E-state index in [9.17, 15) is 39.0 Å². The van der Waals surface area contributed by atoms with Crippen molar-refractivity contribution in [3.8, 4) is 0 Å². The third-order valence-electron chi connectivity index (χ3n) is 6.58. The predicted octanol–water partition coefficient (Wildman–Crippen LogP) is 2.52. The summed E-state index contributed by atoms with van der Waals surface area (Å²) in [6.45, 7) is 5.45. The van der Waals surface area contributed by atoms with Crippen LogP contribution in [0.2, 0.25) is 0 Å². The summed E-state index contributed by atoms with van der Waals surface area (Å²) in [4.78, 5) is 78.7. The summed E-state index contributed by atoms with van der Waals surface area (Å²) in [5, 5.41) is 22.4. The first-order valence-corrected chi connectivity index (χ1v) is 12.4. The van der Waals surface area contributed by atoms with Gasteiger partial charge < -0.3 is 24.8 Å². The number of carbonyl (C=O) groups is 5. The highest BCUT2D eigenvalue weighted by molar-refractivity contribution is 6.31. The maximum Gasteiger partial charge on any atom is 0.349 e. The van der Waals surface area contributed by atoms with Gasteiger partial charge in [0.1, 0.15) is 11.1 Å². The molecular weight excluding hydrogens is 536 g/mol. The minimum absolute atomic E-state index is 0.127. The second kappa shape index (κ2) is 10.1. The Bertz CT molecular complexity index is 1730. The standard InChI is InChI=1S/C28H22N4O9/c1-3-30(4-2)16-6-5-14-7-19(28(40)41-22(14)11-16)25(37)29-15-8-17(31-23(35)12-20(33)26(31)38)10-18(9-15)32-24(36)13-21(34)27(32)39/h5-13,33-34H,3-4H2,1-2H3,(H,29,37). The van der Waals surface area contributed by atoms with Crippen molar-refractivity contribution < 1.29 is 38.6 Å². The largest absolute Gasteiger partial charge is 0.503 e. The van der Waals surface area contributed by atoms with Gasteiger partial charge in [-0.1, -0.05) is 0 Å². The fraction of sp³-hybridized carbons (Fsp3) is 0.143. The summed E-state index contributed by atoms with van der Waals surface area (Å²) >= 11 is 0.